The van der Waals surface area contributed by atoms with E-state index in [2.05, 4.69) is 41.0 Å². The minimum Gasteiger partial charge on any atom is -0.343 e. The molecule has 4 heteroatoms. The summed E-state index contributed by atoms with van der Waals surface area (Å²) < 4.78 is 0. The van der Waals surface area contributed by atoms with Crippen molar-refractivity contribution in [2.45, 2.75) is 58.5 Å². The number of carbonyl (C=O) groups excluding carboxylic acids is 1. The van der Waals surface area contributed by atoms with Crippen LogP contribution in [0.3, 0.4) is 0 Å². The van der Waals surface area contributed by atoms with Crippen LogP contribution in [0, 0.1) is 12.3 Å². The number of hydrogen-bond acceptors (Lipinski definition) is 3. The maximum absolute atomic E-state index is 11.6. The minimum atomic E-state index is 0.241. The standard InChI is InChI=1S/C23H35N3O/c1-19-5-3-6-21(15-19)16-24-11-4-9-23(17-24)10-14-26(18-23)22-7-12-25(13-8-22)20(2)27/h3,5-6,15,22H,4,7-14,16-18H2,1-2H3. The van der Waals surface area contributed by atoms with E-state index in [1.807, 2.05) is 4.90 Å². The normalized spacial score (nSPS) is 28.1. The summed E-state index contributed by atoms with van der Waals surface area (Å²) in [7, 11) is 0. The molecule has 0 aromatic heterocycles. The molecule has 1 spiro atoms. The van der Waals surface area contributed by atoms with E-state index in [1.165, 1.54) is 56.6 Å². The Labute approximate surface area is 164 Å². The van der Waals surface area contributed by atoms with Crippen molar-refractivity contribution < 1.29 is 4.79 Å². The number of piperidine rings is 2. The molecule has 0 N–H and O–H groups in total. The van der Waals surface area contributed by atoms with E-state index < -0.39 is 0 Å². The zero-order chi connectivity index (χ0) is 18.9. The summed E-state index contributed by atoms with van der Waals surface area (Å²) in [6.45, 7) is 11.9. The predicted molar refractivity (Wildman–Crippen MR) is 110 cm³/mol. The fourth-order valence-electron chi connectivity index (χ4n) is 5.67. The molecule has 3 saturated heterocycles. The minimum absolute atomic E-state index is 0.241. The third-order valence-electron chi connectivity index (χ3n) is 7.12. The molecular formula is C23H35N3O. The largest absolute Gasteiger partial charge is 0.343 e. The molecule has 1 amide bonds. The average molecular weight is 370 g/mol. The van der Waals surface area contributed by atoms with Crippen LogP contribution in [0.2, 0.25) is 0 Å². The first-order valence-electron chi connectivity index (χ1n) is 10.8. The lowest BCUT2D eigenvalue weighted by molar-refractivity contribution is -0.130. The Morgan fingerprint density at radius 1 is 1.11 bits per heavy atom. The highest BCUT2D eigenvalue weighted by atomic mass is 16.2. The first-order valence-corrected chi connectivity index (χ1v) is 10.8. The first-order chi connectivity index (χ1) is 13.0. The maximum atomic E-state index is 11.6. The molecule has 4 nitrogen and oxygen atoms in total. The number of carbonyl (C=O) groups is 1. The van der Waals surface area contributed by atoms with Gasteiger partial charge < -0.3 is 4.90 Å². The molecule has 1 aromatic rings. The Balaban J connectivity index is 1.33. The predicted octanol–water partition coefficient (Wildman–Crippen LogP) is 3.29. The summed E-state index contributed by atoms with van der Waals surface area (Å²) in [5, 5.41) is 0. The van der Waals surface area contributed by atoms with Crippen molar-refractivity contribution in [2.24, 2.45) is 5.41 Å². The summed E-state index contributed by atoms with van der Waals surface area (Å²) >= 11 is 0. The number of nitrogens with zero attached hydrogens (tertiary/aromatic N) is 3. The molecule has 1 atom stereocenters. The number of likely N-dealkylation sites (tertiary alicyclic amines) is 3. The van der Waals surface area contributed by atoms with Gasteiger partial charge in [0.25, 0.3) is 0 Å². The van der Waals surface area contributed by atoms with Gasteiger partial charge in [-0.25, -0.2) is 0 Å². The van der Waals surface area contributed by atoms with E-state index >= 15 is 0 Å². The second-order valence-corrected chi connectivity index (χ2v) is 9.26. The fourth-order valence-corrected chi connectivity index (χ4v) is 5.67. The average Bonchev–Trinajstić information content (AvgIpc) is 3.05. The van der Waals surface area contributed by atoms with Gasteiger partial charge in [-0.05, 0) is 63.1 Å². The molecule has 0 aliphatic carbocycles. The van der Waals surface area contributed by atoms with Gasteiger partial charge in [0.05, 0.1) is 0 Å². The second-order valence-electron chi connectivity index (χ2n) is 9.26. The van der Waals surface area contributed by atoms with Crippen molar-refractivity contribution in [3.8, 4) is 0 Å². The lowest BCUT2D eigenvalue weighted by Gasteiger charge is -2.42. The zero-order valence-corrected chi connectivity index (χ0v) is 17.1. The first kappa shape index (κ1) is 18.9. The number of aryl methyl sites for hydroxylation is 1. The Hall–Kier alpha value is -1.39. The zero-order valence-electron chi connectivity index (χ0n) is 17.1. The Bertz CT molecular complexity index is 667. The van der Waals surface area contributed by atoms with Crippen LogP contribution in [0.4, 0.5) is 0 Å². The van der Waals surface area contributed by atoms with Crippen molar-refractivity contribution in [3.63, 3.8) is 0 Å². The van der Waals surface area contributed by atoms with E-state index in [1.54, 1.807) is 6.92 Å². The third-order valence-corrected chi connectivity index (χ3v) is 7.12. The van der Waals surface area contributed by atoms with Crippen molar-refractivity contribution in [1.29, 1.82) is 0 Å². The van der Waals surface area contributed by atoms with Gasteiger partial charge in [0.2, 0.25) is 5.91 Å². The molecule has 1 unspecified atom stereocenters. The van der Waals surface area contributed by atoms with Gasteiger partial charge in [0.1, 0.15) is 0 Å². The lowest BCUT2D eigenvalue weighted by atomic mass is 9.79. The van der Waals surface area contributed by atoms with Gasteiger partial charge in [-0.15, -0.1) is 0 Å². The lowest BCUT2D eigenvalue weighted by Crippen LogP contribution is -2.48. The number of amides is 1. The smallest absolute Gasteiger partial charge is 0.219 e. The molecule has 3 aliphatic rings. The van der Waals surface area contributed by atoms with Crippen molar-refractivity contribution >= 4 is 5.91 Å². The second kappa shape index (κ2) is 7.92. The molecule has 0 bridgehead atoms. The third kappa shape index (κ3) is 4.38. The Morgan fingerprint density at radius 3 is 2.67 bits per heavy atom. The summed E-state index contributed by atoms with van der Waals surface area (Å²) in [6, 6.07) is 9.68. The van der Waals surface area contributed by atoms with Crippen molar-refractivity contribution in [2.75, 3.05) is 39.3 Å². The van der Waals surface area contributed by atoms with Gasteiger partial charge in [-0.2, -0.15) is 0 Å². The molecule has 3 fully saturated rings. The van der Waals surface area contributed by atoms with Crippen LogP contribution in [0.5, 0.6) is 0 Å². The highest BCUT2D eigenvalue weighted by molar-refractivity contribution is 5.73. The fraction of sp³-hybridized carbons (Fsp3) is 0.696. The van der Waals surface area contributed by atoms with Gasteiger partial charge in [0.15, 0.2) is 0 Å². The quantitative estimate of drug-likeness (QED) is 0.818. The van der Waals surface area contributed by atoms with E-state index in [0.29, 0.717) is 11.5 Å². The van der Waals surface area contributed by atoms with E-state index in [0.717, 1.165) is 32.5 Å². The van der Waals surface area contributed by atoms with Crippen LogP contribution < -0.4 is 0 Å². The van der Waals surface area contributed by atoms with Gasteiger partial charge in [-0.3, -0.25) is 14.6 Å². The monoisotopic (exact) mass is 369 g/mol. The summed E-state index contributed by atoms with van der Waals surface area (Å²) in [6.07, 6.45) is 6.39. The van der Waals surface area contributed by atoms with Crippen LogP contribution >= 0.6 is 0 Å². The molecule has 3 heterocycles. The highest BCUT2D eigenvalue weighted by Crippen LogP contribution is 2.41. The maximum Gasteiger partial charge on any atom is 0.219 e. The molecule has 148 valence electrons. The molecular weight excluding hydrogens is 334 g/mol. The molecule has 3 aliphatic heterocycles. The Morgan fingerprint density at radius 2 is 1.93 bits per heavy atom. The van der Waals surface area contributed by atoms with Crippen LogP contribution in [0.25, 0.3) is 0 Å². The molecule has 27 heavy (non-hydrogen) atoms. The van der Waals surface area contributed by atoms with E-state index in [-0.39, 0.29) is 5.91 Å². The van der Waals surface area contributed by atoms with Crippen LogP contribution in [0.1, 0.15) is 50.2 Å². The molecule has 0 radical (unpaired) electrons. The SMILES string of the molecule is CC(=O)N1CCC(N2CCC3(CCCN(Cc4cccc(C)c4)C3)C2)CC1. The Kier molecular flexibility index (Phi) is 5.56. The highest BCUT2D eigenvalue weighted by Gasteiger charge is 2.43. The van der Waals surface area contributed by atoms with Gasteiger partial charge in [0, 0.05) is 45.7 Å². The van der Waals surface area contributed by atoms with Gasteiger partial charge in [-0.1, -0.05) is 29.8 Å². The van der Waals surface area contributed by atoms with Crippen molar-refractivity contribution in [1.82, 2.24) is 14.7 Å². The number of rotatable bonds is 3. The van der Waals surface area contributed by atoms with Crippen molar-refractivity contribution in [3.05, 3.63) is 35.4 Å². The summed E-state index contributed by atoms with van der Waals surface area (Å²) in [5.74, 6) is 0.241. The van der Waals surface area contributed by atoms with Crippen LogP contribution in [-0.4, -0.2) is 65.9 Å². The summed E-state index contributed by atoms with van der Waals surface area (Å²) in [4.78, 5) is 19.1. The molecule has 4 rings (SSSR count). The summed E-state index contributed by atoms with van der Waals surface area (Å²) in [5.41, 5.74) is 3.32. The molecule has 1 aromatic carbocycles. The van der Waals surface area contributed by atoms with Crippen LogP contribution in [-0.2, 0) is 11.3 Å². The van der Waals surface area contributed by atoms with E-state index in [9.17, 15) is 4.79 Å². The number of hydrogen-bond donors (Lipinski definition) is 0. The number of benzene rings is 1. The van der Waals surface area contributed by atoms with Gasteiger partial charge >= 0.3 is 0 Å². The van der Waals surface area contributed by atoms with Crippen LogP contribution in [0.15, 0.2) is 24.3 Å². The topological polar surface area (TPSA) is 26.8 Å². The van der Waals surface area contributed by atoms with E-state index in [4.69, 9.17) is 0 Å². The molecule has 0 saturated carbocycles.